The number of aromatic amines is 1. The lowest BCUT2D eigenvalue weighted by atomic mass is 10.2. The van der Waals surface area contributed by atoms with E-state index in [9.17, 15) is 0 Å². The zero-order chi connectivity index (χ0) is 16.9. The Labute approximate surface area is 150 Å². The fourth-order valence-electron chi connectivity index (χ4n) is 2.64. The third-order valence-corrected chi connectivity index (χ3v) is 4.95. The van der Waals surface area contributed by atoms with Crippen LogP contribution in [0.5, 0.6) is 0 Å². The van der Waals surface area contributed by atoms with E-state index in [-0.39, 0.29) is 0 Å². The van der Waals surface area contributed by atoms with Crippen LogP contribution in [0.1, 0.15) is 5.56 Å². The number of fused-ring (bicyclic) bond motifs is 1. The minimum Gasteiger partial charge on any atom is -0.348 e. The number of H-pyrrole nitrogens is 1. The van der Waals surface area contributed by atoms with E-state index in [0.717, 1.165) is 33.1 Å². The van der Waals surface area contributed by atoms with E-state index >= 15 is 0 Å². The molecule has 0 aliphatic heterocycles. The maximum atomic E-state index is 4.55. The van der Waals surface area contributed by atoms with Crippen LogP contribution in [0, 0.1) is 0 Å². The molecule has 0 atom stereocenters. The number of rotatable bonds is 5. The summed E-state index contributed by atoms with van der Waals surface area (Å²) in [7, 11) is 0. The van der Waals surface area contributed by atoms with Gasteiger partial charge in [-0.05, 0) is 23.8 Å². The Morgan fingerprint density at radius 1 is 0.720 bits per heavy atom. The van der Waals surface area contributed by atoms with Gasteiger partial charge in [0.2, 0.25) is 0 Å². The van der Waals surface area contributed by atoms with Gasteiger partial charge < -0.3 is 4.98 Å². The lowest BCUT2D eigenvalue weighted by Crippen LogP contribution is -1.79. The fraction of sp³-hybridized carbons (Fsp3) is 0.0476. The Morgan fingerprint density at radius 2 is 1.40 bits per heavy atom. The van der Waals surface area contributed by atoms with Crippen molar-refractivity contribution in [2.45, 2.75) is 10.8 Å². The summed E-state index contributed by atoms with van der Waals surface area (Å²) in [6.45, 7) is 0. The first-order valence-corrected chi connectivity index (χ1v) is 9.13. The molecule has 0 spiro atoms. The molecule has 0 amide bonds. The van der Waals surface area contributed by atoms with Crippen molar-refractivity contribution < 1.29 is 0 Å². The molecule has 4 rings (SSSR count). The molecule has 0 saturated heterocycles. The number of hydrogen-bond donors (Lipinski definition) is 1. The van der Waals surface area contributed by atoms with Crippen molar-refractivity contribution in [2.24, 2.45) is 10.2 Å². The van der Waals surface area contributed by atoms with Gasteiger partial charge in [0.05, 0.1) is 5.69 Å². The van der Waals surface area contributed by atoms with Crippen LogP contribution in [-0.4, -0.2) is 4.98 Å². The zero-order valence-corrected chi connectivity index (χ0v) is 14.4. The number of aromatic nitrogens is 1. The first-order valence-electron chi connectivity index (χ1n) is 8.14. The maximum Gasteiger partial charge on any atom is 0.125 e. The Kier molecular flexibility index (Phi) is 4.61. The number of benzene rings is 3. The summed E-state index contributed by atoms with van der Waals surface area (Å²) >= 11 is 1.75. The fourth-order valence-corrected chi connectivity index (χ4v) is 3.61. The Bertz CT molecular complexity index is 992. The summed E-state index contributed by atoms with van der Waals surface area (Å²) in [5, 5.41) is 11.1. The molecule has 122 valence electrons. The molecule has 25 heavy (non-hydrogen) atoms. The molecule has 3 nitrogen and oxygen atoms in total. The van der Waals surface area contributed by atoms with Gasteiger partial charge in [0.1, 0.15) is 10.7 Å². The molecule has 1 N–H and O–H groups in total. The van der Waals surface area contributed by atoms with Crippen LogP contribution >= 0.6 is 11.8 Å². The molecule has 1 heterocycles. The second-order valence-corrected chi connectivity index (χ2v) is 6.64. The molecule has 0 saturated carbocycles. The first kappa shape index (κ1) is 15.7. The predicted octanol–water partition coefficient (Wildman–Crippen LogP) is 6.88. The lowest BCUT2D eigenvalue weighted by Gasteiger charge is -2.01. The molecular formula is C21H17N3S. The Balaban J connectivity index is 1.67. The molecule has 0 radical (unpaired) electrons. The van der Waals surface area contributed by atoms with Crippen molar-refractivity contribution in [3.63, 3.8) is 0 Å². The van der Waals surface area contributed by atoms with Gasteiger partial charge in [0.25, 0.3) is 0 Å². The summed E-state index contributed by atoms with van der Waals surface area (Å²) in [6, 6.07) is 28.5. The first-order chi connectivity index (χ1) is 12.4. The van der Waals surface area contributed by atoms with E-state index in [4.69, 9.17) is 0 Å². The van der Waals surface area contributed by atoms with Crippen molar-refractivity contribution in [1.29, 1.82) is 0 Å². The number of azo groups is 1. The van der Waals surface area contributed by atoms with Crippen LogP contribution in [0.3, 0.4) is 0 Å². The van der Waals surface area contributed by atoms with Gasteiger partial charge in [0.15, 0.2) is 0 Å². The van der Waals surface area contributed by atoms with Crippen LogP contribution in [0.15, 0.2) is 100 Å². The summed E-state index contributed by atoms with van der Waals surface area (Å²) in [4.78, 5) is 3.48. The SMILES string of the molecule is c1ccc(CSc2[nH]c3ccccc3c2N=Nc2ccccc2)cc1. The molecule has 3 aromatic carbocycles. The third kappa shape index (κ3) is 3.64. The second kappa shape index (κ2) is 7.36. The minimum atomic E-state index is 0.854. The highest BCUT2D eigenvalue weighted by molar-refractivity contribution is 7.98. The maximum absolute atomic E-state index is 4.55. The van der Waals surface area contributed by atoms with Crippen LogP contribution in [0.25, 0.3) is 10.9 Å². The largest absolute Gasteiger partial charge is 0.348 e. The lowest BCUT2D eigenvalue weighted by molar-refractivity contribution is 1.15. The van der Waals surface area contributed by atoms with E-state index in [1.54, 1.807) is 11.8 Å². The van der Waals surface area contributed by atoms with E-state index in [1.165, 1.54) is 5.56 Å². The van der Waals surface area contributed by atoms with E-state index in [1.807, 2.05) is 48.5 Å². The molecule has 0 aliphatic carbocycles. The van der Waals surface area contributed by atoms with E-state index < -0.39 is 0 Å². The van der Waals surface area contributed by atoms with Gasteiger partial charge in [0, 0.05) is 16.7 Å². The molecule has 0 fully saturated rings. The number of nitrogens with one attached hydrogen (secondary N) is 1. The highest BCUT2D eigenvalue weighted by atomic mass is 32.2. The monoisotopic (exact) mass is 343 g/mol. The van der Waals surface area contributed by atoms with Gasteiger partial charge in [-0.1, -0.05) is 66.7 Å². The number of thioether (sulfide) groups is 1. The van der Waals surface area contributed by atoms with E-state index in [2.05, 4.69) is 51.6 Å². The topological polar surface area (TPSA) is 40.5 Å². The average molecular weight is 343 g/mol. The Morgan fingerprint density at radius 3 is 2.20 bits per heavy atom. The third-order valence-electron chi connectivity index (χ3n) is 3.89. The standard InChI is InChI=1S/C21H17N3S/c1-3-9-16(10-4-1)15-25-21-20(18-13-7-8-14-19(18)22-21)24-23-17-11-5-2-6-12-17/h1-14,22H,15H2. The number of nitrogens with zero attached hydrogens (tertiary/aromatic N) is 2. The Hall–Kier alpha value is -2.85. The summed E-state index contributed by atoms with van der Waals surface area (Å²) in [5.41, 5.74) is 4.13. The average Bonchev–Trinajstić information content (AvgIpc) is 3.04. The van der Waals surface area contributed by atoms with Crippen molar-refractivity contribution in [1.82, 2.24) is 4.98 Å². The molecule has 1 aromatic heterocycles. The van der Waals surface area contributed by atoms with Gasteiger partial charge in [-0.2, -0.15) is 5.11 Å². The molecule has 0 bridgehead atoms. The number of para-hydroxylation sites is 1. The van der Waals surface area contributed by atoms with Gasteiger partial charge in [-0.15, -0.1) is 16.9 Å². The smallest absolute Gasteiger partial charge is 0.125 e. The molecule has 0 unspecified atom stereocenters. The predicted molar refractivity (Wildman–Crippen MR) is 105 cm³/mol. The van der Waals surface area contributed by atoms with Gasteiger partial charge in [-0.25, -0.2) is 0 Å². The highest BCUT2D eigenvalue weighted by Gasteiger charge is 2.11. The van der Waals surface area contributed by atoms with Crippen LogP contribution in [-0.2, 0) is 5.75 Å². The second-order valence-electron chi connectivity index (χ2n) is 5.66. The summed E-state index contributed by atoms with van der Waals surface area (Å²) < 4.78 is 0. The highest BCUT2D eigenvalue weighted by Crippen LogP contribution is 2.38. The summed E-state index contributed by atoms with van der Waals surface area (Å²) in [6.07, 6.45) is 0. The molecular weight excluding hydrogens is 326 g/mol. The van der Waals surface area contributed by atoms with Crippen molar-refractivity contribution in [3.8, 4) is 0 Å². The van der Waals surface area contributed by atoms with Crippen molar-refractivity contribution in [3.05, 3.63) is 90.5 Å². The van der Waals surface area contributed by atoms with Crippen LogP contribution in [0.2, 0.25) is 0 Å². The van der Waals surface area contributed by atoms with Gasteiger partial charge >= 0.3 is 0 Å². The quantitative estimate of drug-likeness (QED) is 0.311. The van der Waals surface area contributed by atoms with E-state index in [0.29, 0.717) is 0 Å². The molecule has 4 heteroatoms. The zero-order valence-electron chi connectivity index (χ0n) is 13.6. The molecule has 0 aliphatic rings. The summed E-state index contributed by atoms with van der Waals surface area (Å²) in [5.74, 6) is 0.890. The van der Waals surface area contributed by atoms with Crippen molar-refractivity contribution >= 4 is 34.0 Å². The normalized spacial score (nSPS) is 11.4. The molecule has 4 aromatic rings. The van der Waals surface area contributed by atoms with Crippen LogP contribution < -0.4 is 0 Å². The number of hydrogen-bond acceptors (Lipinski definition) is 3. The van der Waals surface area contributed by atoms with Crippen LogP contribution in [0.4, 0.5) is 11.4 Å². The minimum absolute atomic E-state index is 0.854. The van der Waals surface area contributed by atoms with Crippen molar-refractivity contribution in [2.75, 3.05) is 0 Å². The van der Waals surface area contributed by atoms with Gasteiger partial charge in [-0.3, -0.25) is 0 Å².